The van der Waals surface area contributed by atoms with Gasteiger partial charge in [0.25, 0.3) is 0 Å². The van der Waals surface area contributed by atoms with Crippen LogP contribution in [0.5, 0.6) is 11.5 Å². The normalized spacial score (nSPS) is 16.1. The summed E-state index contributed by atoms with van der Waals surface area (Å²) in [4.78, 5) is 2.48. The molecule has 3 aromatic carbocycles. The van der Waals surface area contributed by atoms with Crippen LogP contribution in [0, 0.1) is 0 Å². The lowest BCUT2D eigenvalue weighted by Gasteiger charge is -2.39. The number of benzene rings is 3. The minimum atomic E-state index is 0.257. The zero-order chi connectivity index (χ0) is 17.9. The van der Waals surface area contributed by atoms with Crippen molar-refractivity contribution in [3.63, 3.8) is 0 Å². The fourth-order valence-electron chi connectivity index (χ4n) is 3.77. The number of para-hydroxylation sites is 1. The summed E-state index contributed by atoms with van der Waals surface area (Å²) in [5.41, 5.74) is 5.29. The maximum Gasteiger partial charge on any atom is 0.161 e. The molecule has 0 aromatic heterocycles. The van der Waals surface area contributed by atoms with E-state index in [1.807, 2.05) is 6.07 Å². The molecule has 1 aliphatic heterocycles. The molecule has 3 nitrogen and oxygen atoms in total. The van der Waals surface area contributed by atoms with E-state index in [1.165, 1.54) is 22.4 Å². The second-order valence-corrected chi connectivity index (χ2v) is 6.57. The highest BCUT2D eigenvalue weighted by molar-refractivity contribution is 5.54. The van der Waals surface area contributed by atoms with Crippen LogP contribution in [-0.2, 0) is 13.0 Å². The van der Waals surface area contributed by atoms with Crippen LogP contribution >= 0.6 is 0 Å². The number of nitrogens with zero attached hydrogens (tertiary/aromatic N) is 1. The van der Waals surface area contributed by atoms with E-state index in [9.17, 15) is 0 Å². The highest BCUT2D eigenvalue weighted by Crippen LogP contribution is 2.39. The second-order valence-electron chi connectivity index (χ2n) is 6.57. The highest BCUT2D eigenvalue weighted by atomic mass is 16.5. The fourth-order valence-corrected chi connectivity index (χ4v) is 3.77. The van der Waals surface area contributed by atoms with E-state index >= 15 is 0 Å². The van der Waals surface area contributed by atoms with Gasteiger partial charge in [0.15, 0.2) is 11.5 Å². The molecular formula is C23H23NO2. The Kier molecular flexibility index (Phi) is 4.53. The summed E-state index contributed by atoms with van der Waals surface area (Å²) < 4.78 is 10.9. The van der Waals surface area contributed by atoms with Gasteiger partial charge in [0.05, 0.1) is 20.3 Å². The molecule has 0 saturated carbocycles. The Hall–Kier alpha value is -2.94. The van der Waals surface area contributed by atoms with Gasteiger partial charge in [-0.2, -0.15) is 0 Å². The van der Waals surface area contributed by atoms with Crippen LogP contribution in [-0.4, -0.2) is 14.2 Å². The predicted molar refractivity (Wildman–Crippen MR) is 105 cm³/mol. The van der Waals surface area contributed by atoms with Crippen molar-refractivity contribution in [1.29, 1.82) is 0 Å². The fraction of sp³-hybridized carbons (Fsp3) is 0.217. The number of fused-ring (bicyclic) bond motifs is 1. The van der Waals surface area contributed by atoms with Crippen molar-refractivity contribution in [3.05, 3.63) is 89.5 Å². The molecule has 3 aromatic rings. The first-order valence-corrected chi connectivity index (χ1v) is 8.90. The Bertz CT molecular complexity index is 892. The highest BCUT2D eigenvalue weighted by Gasteiger charge is 2.28. The summed E-state index contributed by atoms with van der Waals surface area (Å²) in [6.45, 7) is 0.902. The maximum atomic E-state index is 5.53. The molecule has 1 atom stereocenters. The van der Waals surface area contributed by atoms with Crippen molar-refractivity contribution in [1.82, 2.24) is 0 Å². The van der Waals surface area contributed by atoms with Crippen molar-refractivity contribution in [2.45, 2.75) is 19.0 Å². The molecule has 0 fully saturated rings. The van der Waals surface area contributed by atoms with Crippen LogP contribution < -0.4 is 14.4 Å². The Balaban J connectivity index is 1.79. The van der Waals surface area contributed by atoms with Gasteiger partial charge < -0.3 is 14.4 Å². The molecule has 1 heterocycles. The summed E-state index contributed by atoms with van der Waals surface area (Å²) in [7, 11) is 3.36. The molecule has 0 bridgehead atoms. The number of ether oxygens (including phenoxy) is 2. The molecule has 0 radical (unpaired) electrons. The standard InChI is InChI=1S/C23H23NO2/c1-25-22-13-12-18(15-23(22)26-2)21-14-17-8-6-7-9-19(17)16-24(21)20-10-4-3-5-11-20/h3-13,15,21H,14,16H2,1-2H3. The summed E-state index contributed by atoms with van der Waals surface area (Å²) >= 11 is 0. The third kappa shape index (κ3) is 3.01. The van der Waals surface area contributed by atoms with E-state index in [4.69, 9.17) is 9.47 Å². The first-order chi connectivity index (χ1) is 12.8. The zero-order valence-electron chi connectivity index (χ0n) is 15.2. The Morgan fingerprint density at radius 2 is 1.46 bits per heavy atom. The quantitative estimate of drug-likeness (QED) is 0.663. The van der Waals surface area contributed by atoms with Crippen LogP contribution in [0.25, 0.3) is 0 Å². The molecule has 0 N–H and O–H groups in total. The van der Waals surface area contributed by atoms with Crippen molar-refractivity contribution < 1.29 is 9.47 Å². The van der Waals surface area contributed by atoms with Crippen molar-refractivity contribution in [2.75, 3.05) is 19.1 Å². The number of hydrogen-bond acceptors (Lipinski definition) is 3. The number of rotatable bonds is 4. The molecule has 0 amide bonds. The minimum absolute atomic E-state index is 0.257. The van der Waals surface area contributed by atoms with Gasteiger partial charge in [0, 0.05) is 12.2 Å². The maximum absolute atomic E-state index is 5.53. The van der Waals surface area contributed by atoms with Crippen LogP contribution in [0.2, 0.25) is 0 Å². The average Bonchev–Trinajstić information content (AvgIpc) is 2.73. The smallest absolute Gasteiger partial charge is 0.161 e. The molecule has 4 rings (SSSR count). The Morgan fingerprint density at radius 1 is 0.769 bits per heavy atom. The predicted octanol–water partition coefficient (Wildman–Crippen LogP) is 5.01. The van der Waals surface area contributed by atoms with E-state index in [1.54, 1.807) is 14.2 Å². The summed E-state index contributed by atoms with van der Waals surface area (Å²) in [5.74, 6) is 1.54. The first-order valence-electron chi connectivity index (χ1n) is 8.90. The SMILES string of the molecule is COc1ccc(C2Cc3ccccc3CN2c2ccccc2)cc1OC. The van der Waals surface area contributed by atoms with Crippen LogP contribution in [0.15, 0.2) is 72.8 Å². The van der Waals surface area contributed by atoms with E-state index < -0.39 is 0 Å². The minimum Gasteiger partial charge on any atom is -0.493 e. The average molecular weight is 345 g/mol. The van der Waals surface area contributed by atoms with Crippen molar-refractivity contribution in [2.24, 2.45) is 0 Å². The van der Waals surface area contributed by atoms with Gasteiger partial charge in [0.1, 0.15) is 0 Å². The molecule has 0 spiro atoms. The van der Waals surface area contributed by atoms with Crippen molar-refractivity contribution >= 4 is 5.69 Å². The van der Waals surface area contributed by atoms with E-state index in [0.717, 1.165) is 24.5 Å². The molecule has 26 heavy (non-hydrogen) atoms. The first kappa shape index (κ1) is 16.5. The van der Waals surface area contributed by atoms with E-state index in [2.05, 4.69) is 71.6 Å². The largest absolute Gasteiger partial charge is 0.493 e. The third-order valence-corrected chi connectivity index (χ3v) is 5.13. The lowest BCUT2D eigenvalue weighted by molar-refractivity contribution is 0.354. The number of hydrogen-bond donors (Lipinski definition) is 0. The van der Waals surface area contributed by atoms with Gasteiger partial charge in [-0.1, -0.05) is 48.5 Å². The van der Waals surface area contributed by atoms with Crippen LogP contribution in [0.4, 0.5) is 5.69 Å². The van der Waals surface area contributed by atoms with Gasteiger partial charge in [-0.15, -0.1) is 0 Å². The molecular weight excluding hydrogens is 322 g/mol. The lowest BCUT2D eigenvalue weighted by Crippen LogP contribution is -2.34. The Morgan fingerprint density at radius 3 is 2.19 bits per heavy atom. The zero-order valence-corrected chi connectivity index (χ0v) is 15.2. The summed E-state index contributed by atoms with van der Waals surface area (Å²) in [6.07, 6.45) is 0.973. The molecule has 0 saturated heterocycles. The van der Waals surface area contributed by atoms with E-state index in [-0.39, 0.29) is 6.04 Å². The molecule has 1 unspecified atom stereocenters. The van der Waals surface area contributed by atoms with Crippen molar-refractivity contribution in [3.8, 4) is 11.5 Å². The van der Waals surface area contributed by atoms with Crippen LogP contribution in [0.1, 0.15) is 22.7 Å². The summed E-state index contributed by atoms with van der Waals surface area (Å²) in [5, 5.41) is 0. The molecule has 132 valence electrons. The number of anilines is 1. The Labute approximate surface area is 154 Å². The molecule has 1 aliphatic rings. The molecule has 3 heteroatoms. The summed E-state index contributed by atoms with van der Waals surface area (Å²) in [6, 6.07) is 25.9. The van der Waals surface area contributed by atoms with Gasteiger partial charge in [-0.3, -0.25) is 0 Å². The van der Waals surface area contributed by atoms with E-state index in [0.29, 0.717) is 0 Å². The van der Waals surface area contributed by atoms with Gasteiger partial charge in [0.2, 0.25) is 0 Å². The monoisotopic (exact) mass is 345 g/mol. The number of methoxy groups -OCH3 is 2. The topological polar surface area (TPSA) is 21.7 Å². The lowest BCUT2D eigenvalue weighted by atomic mass is 9.89. The van der Waals surface area contributed by atoms with Gasteiger partial charge >= 0.3 is 0 Å². The third-order valence-electron chi connectivity index (χ3n) is 5.13. The molecule has 0 aliphatic carbocycles. The van der Waals surface area contributed by atoms with Gasteiger partial charge in [-0.25, -0.2) is 0 Å². The van der Waals surface area contributed by atoms with Gasteiger partial charge in [-0.05, 0) is 47.4 Å². The van der Waals surface area contributed by atoms with Crippen LogP contribution in [0.3, 0.4) is 0 Å². The second kappa shape index (κ2) is 7.12.